The summed E-state index contributed by atoms with van der Waals surface area (Å²) in [7, 11) is 4.11. The Hall–Kier alpha value is -2.58. The number of imide groups is 1. The molecule has 1 heterocycles. The van der Waals surface area contributed by atoms with Gasteiger partial charge in [-0.2, -0.15) is 0 Å². The number of halogens is 1. The van der Waals surface area contributed by atoms with Gasteiger partial charge in [-0.05, 0) is 30.2 Å². The Morgan fingerprint density at radius 1 is 0.963 bits per heavy atom. The van der Waals surface area contributed by atoms with Gasteiger partial charge in [0, 0.05) is 23.3 Å². The van der Waals surface area contributed by atoms with Crippen LogP contribution in [0, 0.1) is 0 Å². The van der Waals surface area contributed by atoms with Crippen LogP contribution in [0.1, 0.15) is 26.3 Å². The van der Waals surface area contributed by atoms with Crippen molar-refractivity contribution in [3.05, 3.63) is 53.1 Å². The number of carbonyl (C=O) groups is 2. The van der Waals surface area contributed by atoms with Gasteiger partial charge in [-0.25, -0.2) is 8.42 Å². The number of methoxy groups -OCH3 is 2. The minimum atomic E-state index is -4.03. The maximum absolute atomic E-state index is 12.4. The molecular formula is C18H16ClNO6S. The number of fused-ring (bicyclic) bond motifs is 1. The molecule has 0 saturated carbocycles. The van der Waals surface area contributed by atoms with Crippen LogP contribution in [-0.4, -0.2) is 45.9 Å². The third-order valence-electron chi connectivity index (χ3n) is 4.31. The summed E-state index contributed by atoms with van der Waals surface area (Å²) in [6.07, 6.45) is 0.258. The summed E-state index contributed by atoms with van der Waals surface area (Å²) in [4.78, 5) is 25.8. The Morgan fingerprint density at radius 3 is 2.00 bits per heavy atom. The van der Waals surface area contributed by atoms with Crippen LogP contribution < -0.4 is 9.47 Å². The van der Waals surface area contributed by atoms with Crippen molar-refractivity contribution in [1.29, 1.82) is 0 Å². The van der Waals surface area contributed by atoms with Gasteiger partial charge in [-0.3, -0.25) is 14.5 Å². The highest BCUT2D eigenvalue weighted by Gasteiger charge is 2.34. The predicted octanol–water partition coefficient (Wildman–Crippen LogP) is 2.47. The second-order valence-electron chi connectivity index (χ2n) is 5.81. The van der Waals surface area contributed by atoms with Gasteiger partial charge in [-0.15, -0.1) is 0 Å². The monoisotopic (exact) mass is 409 g/mol. The van der Waals surface area contributed by atoms with Crippen LogP contribution >= 0.6 is 10.7 Å². The Bertz CT molecular complexity index is 999. The van der Waals surface area contributed by atoms with Crippen molar-refractivity contribution >= 4 is 31.5 Å². The van der Waals surface area contributed by atoms with Crippen molar-refractivity contribution in [2.45, 2.75) is 11.3 Å². The van der Waals surface area contributed by atoms with E-state index >= 15 is 0 Å². The fourth-order valence-electron chi connectivity index (χ4n) is 2.99. The normalized spacial score (nSPS) is 13.7. The Kier molecular flexibility index (Phi) is 5.12. The van der Waals surface area contributed by atoms with Crippen LogP contribution in [0.4, 0.5) is 0 Å². The molecule has 0 fully saturated rings. The molecule has 0 bridgehead atoms. The molecule has 0 radical (unpaired) electrons. The maximum atomic E-state index is 12.4. The zero-order valence-corrected chi connectivity index (χ0v) is 16.1. The van der Waals surface area contributed by atoms with Crippen molar-refractivity contribution in [3.63, 3.8) is 0 Å². The van der Waals surface area contributed by atoms with Crippen LogP contribution in [0.15, 0.2) is 41.3 Å². The van der Waals surface area contributed by atoms with E-state index in [0.717, 1.165) is 4.90 Å². The first kappa shape index (κ1) is 19.2. The number of carbonyl (C=O) groups excluding carboxylic acids is 2. The number of benzene rings is 2. The third-order valence-corrected chi connectivity index (χ3v) is 5.66. The summed E-state index contributed by atoms with van der Waals surface area (Å²) in [5, 5.41) is 0. The topological polar surface area (TPSA) is 90.0 Å². The highest BCUT2D eigenvalue weighted by atomic mass is 35.7. The Balaban J connectivity index is 1.89. The number of hydrogen-bond donors (Lipinski definition) is 0. The lowest BCUT2D eigenvalue weighted by Crippen LogP contribution is -2.31. The highest BCUT2D eigenvalue weighted by Crippen LogP contribution is 2.34. The molecule has 2 aromatic carbocycles. The average molecular weight is 410 g/mol. The van der Waals surface area contributed by atoms with Crippen molar-refractivity contribution in [3.8, 4) is 11.5 Å². The van der Waals surface area contributed by atoms with E-state index in [4.69, 9.17) is 20.2 Å². The number of ether oxygens (including phenoxy) is 2. The van der Waals surface area contributed by atoms with E-state index in [1.807, 2.05) is 0 Å². The fourth-order valence-corrected chi connectivity index (χ4v) is 3.99. The van der Waals surface area contributed by atoms with E-state index in [2.05, 4.69) is 0 Å². The minimum Gasteiger partial charge on any atom is -0.496 e. The molecule has 1 aliphatic heterocycles. The number of nitrogens with zero attached hydrogens (tertiary/aromatic N) is 1. The summed E-state index contributed by atoms with van der Waals surface area (Å²) in [5.74, 6) is -0.391. The van der Waals surface area contributed by atoms with Crippen LogP contribution in [0.2, 0.25) is 0 Å². The zero-order valence-electron chi connectivity index (χ0n) is 14.6. The number of hydrogen-bond acceptors (Lipinski definition) is 6. The maximum Gasteiger partial charge on any atom is 0.265 e. The van der Waals surface area contributed by atoms with Crippen molar-refractivity contribution in [2.24, 2.45) is 0 Å². The molecule has 1 aliphatic rings. The largest absolute Gasteiger partial charge is 0.496 e. The lowest BCUT2D eigenvalue weighted by atomic mass is 10.1. The second-order valence-corrected chi connectivity index (χ2v) is 8.34. The average Bonchev–Trinajstić information content (AvgIpc) is 2.89. The van der Waals surface area contributed by atoms with E-state index < -0.39 is 9.05 Å². The van der Waals surface area contributed by atoms with E-state index in [1.54, 1.807) is 24.3 Å². The van der Waals surface area contributed by atoms with Gasteiger partial charge < -0.3 is 9.47 Å². The van der Waals surface area contributed by atoms with Crippen molar-refractivity contribution in [2.75, 3.05) is 20.8 Å². The van der Waals surface area contributed by atoms with Gasteiger partial charge in [-0.1, -0.05) is 12.1 Å². The molecule has 9 heteroatoms. The first-order valence-electron chi connectivity index (χ1n) is 7.92. The molecule has 142 valence electrons. The standard InChI is InChI=1S/C18H16ClNO6S/c1-25-14-10-16(27(19,23)24)15(26-2)9-11(14)7-8-20-17(21)12-5-3-4-6-13(12)18(20)22/h3-6,9-10H,7-8H2,1-2H3. The minimum absolute atomic E-state index is 0.0585. The van der Waals surface area contributed by atoms with Crippen molar-refractivity contribution in [1.82, 2.24) is 4.90 Å². The first-order valence-corrected chi connectivity index (χ1v) is 10.2. The predicted molar refractivity (Wildman–Crippen MR) is 98.1 cm³/mol. The second kappa shape index (κ2) is 7.21. The molecule has 0 saturated heterocycles. The third kappa shape index (κ3) is 3.50. The molecule has 0 aliphatic carbocycles. The molecule has 0 unspecified atom stereocenters. The number of amides is 2. The van der Waals surface area contributed by atoms with Crippen LogP contribution in [0.3, 0.4) is 0 Å². The summed E-state index contributed by atoms with van der Waals surface area (Å²) >= 11 is 0. The molecule has 2 aromatic rings. The number of rotatable bonds is 6. The van der Waals surface area contributed by atoms with Gasteiger partial charge in [0.05, 0.1) is 25.3 Å². The summed E-state index contributed by atoms with van der Waals surface area (Å²) in [5.41, 5.74) is 1.32. The Morgan fingerprint density at radius 2 is 1.52 bits per heavy atom. The molecule has 7 nitrogen and oxygen atoms in total. The van der Waals surface area contributed by atoms with Gasteiger partial charge >= 0.3 is 0 Å². The highest BCUT2D eigenvalue weighted by molar-refractivity contribution is 8.13. The lowest BCUT2D eigenvalue weighted by Gasteiger charge is -2.17. The van der Waals surface area contributed by atoms with Crippen molar-refractivity contribution < 1.29 is 27.5 Å². The zero-order chi connectivity index (χ0) is 19.8. The SMILES string of the molecule is COc1cc(S(=O)(=O)Cl)c(OC)cc1CCN1C(=O)c2ccccc2C1=O. The van der Waals surface area contributed by atoms with E-state index in [9.17, 15) is 18.0 Å². The van der Waals surface area contributed by atoms with Gasteiger partial charge in [0.25, 0.3) is 20.9 Å². The molecule has 2 amide bonds. The molecule has 3 rings (SSSR count). The van der Waals surface area contributed by atoms with E-state index in [-0.39, 0.29) is 41.2 Å². The van der Waals surface area contributed by atoms with Crippen LogP contribution in [-0.2, 0) is 15.5 Å². The first-order chi connectivity index (χ1) is 12.8. The molecule has 0 atom stereocenters. The molecular weight excluding hydrogens is 394 g/mol. The quantitative estimate of drug-likeness (QED) is 0.537. The smallest absolute Gasteiger partial charge is 0.265 e. The molecule has 0 aromatic heterocycles. The van der Waals surface area contributed by atoms with Crippen LogP contribution in [0.25, 0.3) is 0 Å². The molecule has 0 spiro atoms. The van der Waals surface area contributed by atoms with Crippen LogP contribution in [0.5, 0.6) is 11.5 Å². The van der Waals surface area contributed by atoms with E-state index in [1.165, 1.54) is 26.4 Å². The summed E-state index contributed by atoms with van der Waals surface area (Å²) in [6.45, 7) is 0.110. The Labute approximate surface area is 160 Å². The summed E-state index contributed by atoms with van der Waals surface area (Å²) in [6, 6.07) is 9.36. The lowest BCUT2D eigenvalue weighted by molar-refractivity contribution is 0.0656. The van der Waals surface area contributed by atoms with Gasteiger partial charge in [0.15, 0.2) is 0 Å². The molecule has 27 heavy (non-hydrogen) atoms. The fraction of sp³-hybridized carbons (Fsp3) is 0.222. The molecule has 0 N–H and O–H groups in total. The van der Waals surface area contributed by atoms with Gasteiger partial charge in [0.2, 0.25) is 0 Å². The summed E-state index contributed by atoms with van der Waals surface area (Å²) < 4.78 is 33.8. The van der Waals surface area contributed by atoms with E-state index in [0.29, 0.717) is 16.7 Å². The van der Waals surface area contributed by atoms with Gasteiger partial charge in [0.1, 0.15) is 16.4 Å².